The fraction of sp³-hybridized carbons (Fsp3) is 0.667. The molecule has 1 nitrogen and oxygen atoms in total. The van der Waals surface area contributed by atoms with E-state index in [-0.39, 0.29) is 0 Å². The molecule has 0 saturated heterocycles. The van der Waals surface area contributed by atoms with Crippen LogP contribution in [0.3, 0.4) is 0 Å². The highest BCUT2D eigenvalue weighted by Crippen LogP contribution is 2.05. The number of hydrogen-bond acceptors (Lipinski definition) is 2. The van der Waals surface area contributed by atoms with Gasteiger partial charge in [-0.2, -0.15) is 11.8 Å². The van der Waals surface area contributed by atoms with Crippen LogP contribution in [0.5, 0.6) is 0 Å². The van der Waals surface area contributed by atoms with Crippen LogP contribution in [0.2, 0.25) is 0 Å². The summed E-state index contributed by atoms with van der Waals surface area (Å²) in [5.41, 5.74) is 1.55. The quantitative estimate of drug-likeness (QED) is 0.555. The van der Waals surface area contributed by atoms with Gasteiger partial charge in [0.05, 0.1) is 0 Å². The molecule has 1 aliphatic heterocycles. The van der Waals surface area contributed by atoms with Crippen LogP contribution in [0.15, 0.2) is 11.6 Å². The molecule has 0 amide bonds. The average molecular weight is 129 g/mol. The number of thioether (sulfide) groups is 1. The molecule has 0 fully saturated rings. The molecule has 0 saturated carbocycles. The fourth-order valence-electron chi connectivity index (χ4n) is 0.817. The van der Waals surface area contributed by atoms with E-state index < -0.39 is 0 Å². The van der Waals surface area contributed by atoms with Gasteiger partial charge >= 0.3 is 0 Å². The summed E-state index contributed by atoms with van der Waals surface area (Å²) in [6.45, 7) is 2.19. The average Bonchev–Trinajstić information content (AvgIpc) is 2.19. The maximum Gasteiger partial charge on any atom is 0.0176 e. The molecule has 8 heavy (non-hydrogen) atoms. The Morgan fingerprint density at radius 2 is 2.75 bits per heavy atom. The highest BCUT2D eigenvalue weighted by molar-refractivity contribution is 7.98. The molecule has 0 bridgehead atoms. The summed E-state index contributed by atoms with van der Waals surface area (Å²) in [6, 6.07) is 0. The van der Waals surface area contributed by atoms with Crippen LogP contribution >= 0.6 is 11.8 Å². The Kier molecular flexibility index (Phi) is 2.43. The third-order valence-electron chi connectivity index (χ3n) is 1.22. The van der Waals surface area contributed by atoms with Crippen molar-refractivity contribution in [2.45, 2.75) is 0 Å². The lowest BCUT2D eigenvalue weighted by Gasteiger charge is -1.94. The van der Waals surface area contributed by atoms with Crippen molar-refractivity contribution in [3.8, 4) is 0 Å². The summed E-state index contributed by atoms with van der Waals surface area (Å²) in [4.78, 5) is 0. The molecule has 1 aliphatic rings. The second-order valence-electron chi connectivity index (χ2n) is 1.93. The maximum atomic E-state index is 3.25. The van der Waals surface area contributed by atoms with E-state index in [1.165, 1.54) is 5.75 Å². The predicted molar refractivity (Wildman–Crippen MR) is 39.3 cm³/mol. The number of hydrogen-bond donors (Lipinski definition) is 1. The van der Waals surface area contributed by atoms with Crippen LogP contribution in [0.4, 0.5) is 0 Å². The van der Waals surface area contributed by atoms with Gasteiger partial charge in [-0.15, -0.1) is 0 Å². The Morgan fingerprint density at radius 3 is 3.25 bits per heavy atom. The van der Waals surface area contributed by atoms with Crippen molar-refractivity contribution in [1.29, 1.82) is 0 Å². The van der Waals surface area contributed by atoms with Crippen LogP contribution in [-0.2, 0) is 0 Å². The molecular formula is C6H11NS. The molecule has 0 spiro atoms. The molecule has 0 aromatic heterocycles. The highest BCUT2D eigenvalue weighted by atomic mass is 32.2. The standard InChI is InChI=1S/C6H11NS/c1-8-5-6-2-3-7-4-6/h2,7H,3-5H2,1H3. The Labute approximate surface area is 54.5 Å². The van der Waals surface area contributed by atoms with Crippen LogP contribution in [0, 0.1) is 0 Å². The van der Waals surface area contributed by atoms with E-state index in [2.05, 4.69) is 17.6 Å². The number of rotatable bonds is 2. The van der Waals surface area contributed by atoms with Crippen molar-refractivity contribution >= 4 is 11.8 Å². The number of nitrogens with one attached hydrogen (secondary N) is 1. The summed E-state index contributed by atoms with van der Waals surface area (Å²) in [5, 5.41) is 3.25. The molecule has 0 atom stereocenters. The molecule has 0 aromatic rings. The monoisotopic (exact) mass is 129 g/mol. The minimum atomic E-state index is 1.08. The summed E-state index contributed by atoms with van der Waals surface area (Å²) >= 11 is 1.89. The normalized spacial score (nSPS) is 18.9. The summed E-state index contributed by atoms with van der Waals surface area (Å²) < 4.78 is 0. The molecule has 46 valence electrons. The van der Waals surface area contributed by atoms with E-state index in [1.807, 2.05) is 11.8 Å². The molecule has 1 heterocycles. The third-order valence-corrected chi connectivity index (χ3v) is 1.88. The van der Waals surface area contributed by atoms with E-state index in [0.29, 0.717) is 0 Å². The minimum absolute atomic E-state index is 1.08. The summed E-state index contributed by atoms with van der Waals surface area (Å²) in [7, 11) is 0. The van der Waals surface area contributed by atoms with Crippen molar-refractivity contribution in [3.05, 3.63) is 11.6 Å². The largest absolute Gasteiger partial charge is 0.310 e. The maximum absolute atomic E-state index is 3.25. The lowest BCUT2D eigenvalue weighted by atomic mass is 10.3. The molecule has 1 rings (SSSR count). The van der Waals surface area contributed by atoms with Crippen molar-refractivity contribution in [2.75, 3.05) is 25.1 Å². The first-order valence-corrected chi connectivity index (χ1v) is 4.20. The highest BCUT2D eigenvalue weighted by Gasteiger charge is 2.00. The van der Waals surface area contributed by atoms with Crippen LogP contribution in [0.25, 0.3) is 0 Å². The Bertz CT molecular complexity index is 98.7. The van der Waals surface area contributed by atoms with Gasteiger partial charge < -0.3 is 5.32 Å². The zero-order valence-electron chi connectivity index (χ0n) is 5.11. The third kappa shape index (κ3) is 1.53. The molecule has 0 aliphatic carbocycles. The lowest BCUT2D eigenvalue weighted by molar-refractivity contribution is 0.876. The Hall–Kier alpha value is 0.0500. The molecule has 1 N–H and O–H groups in total. The van der Waals surface area contributed by atoms with E-state index in [9.17, 15) is 0 Å². The molecule has 0 radical (unpaired) electrons. The van der Waals surface area contributed by atoms with Gasteiger partial charge in [-0.1, -0.05) is 6.08 Å². The minimum Gasteiger partial charge on any atom is -0.310 e. The first kappa shape index (κ1) is 6.17. The molecule has 2 heteroatoms. The molecular weight excluding hydrogens is 118 g/mol. The Balaban J connectivity index is 2.23. The van der Waals surface area contributed by atoms with Crippen LogP contribution in [0.1, 0.15) is 0 Å². The lowest BCUT2D eigenvalue weighted by Crippen LogP contribution is -2.08. The van der Waals surface area contributed by atoms with Gasteiger partial charge in [0.1, 0.15) is 0 Å². The summed E-state index contributed by atoms with van der Waals surface area (Å²) in [6.07, 6.45) is 4.41. The second kappa shape index (κ2) is 3.15. The predicted octanol–water partition coefficient (Wildman–Crippen LogP) is 0.879. The fourth-order valence-corrected chi connectivity index (χ4v) is 1.41. The van der Waals surface area contributed by atoms with Gasteiger partial charge in [-0.25, -0.2) is 0 Å². The van der Waals surface area contributed by atoms with E-state index >= 15 is 0 Å². The topological polar surface area (TPSA) is 12.0 Å². The first-order chi connectivity index (χ1) is 3.93. The Morgan fingerprint density at radius 1 is 1.88 bits per heavy atom. The van der Waals surface area contributed by atoms with Crippen LogP contribution in [-0.4, -0.2) is 25.1 Å². The van der Waals surface area contributed by atoms with Gasteiger partial charge in [0.25, 0.3) is 0 Å². The SMILES string of the molecule is CSCC1=CCNC1. The van der Waals surface area contributed by atoms with Crippen LogP contribution < -0.4 is 5.32 Å². The zero-order chi connectivity index (χ0) is 5.82. The second-order valence-corrected chi connectivity index (χ2v) is 2.79. The van der Waals surface area contributed by atoms with E-state index in [4.69, 9.17) is 0 Å². The summed E-state index contributed by atoms with van der Waals surface area (Å²) in [5.74, 6) is 1.20. The first-order valence-electron chi connectivity index (χ1n) is 2.81. The molecule has 0 aromatic carbocycles. The van der Waals surface area contributed by atoms with E-state index in [0.717, 1.165) is 13.1 Å². The molecule has 0 unspecified atom stereocenters. The van der Waals surface area contributed by atoms with Crippen molar-refractivity contribution in [2.24, 2.45) is 0 Å². The van der Waals surface area contributed by atoms with Gasteiger partial charge in [0.15, 0.2) is 0 Å². The van der Waals surface area contributed by atoms with Crippen molar-refractivity contribution in [1.82, 2.24) is 5.32 Å². The smallest absolute Gasteiger partial charge is 0.0176 e. The zero-order valence-corrected chi connectivity index (χ0v) is 5.92. The van der Waals surface area contributed by atoms with Gasteiger partial charge in [0.2, 0.25) is 0 Å². The van der Waals surface area contributed by atoms with Gasteiger partial charge in [0, 0.05) is 18.8 Å². The van der Waals surface area contributed by atoms with Crippen molar-refractivity contribution in [3.63, 3.8) is 0 Å². The van der Waals surface area contributed by atoms with Gasteiger partial charge in [-0.05, 0) is 11.8 Å². The van der Waals surface area contributed by atoms with Crippen molar-refractivity contribution < 1.29 is 0 Å². The van der Waals surface area contributed by atoms with Gasteiger partial charge in [-0.3, -0.25) is 0 Å². The van der Waals surface area contributed by atoms with E-state index in [1.54, 1.807) is 5.57 Å².